The van der Waals surface area contributed by atoms with Crippen molar-refractivity contribution in [2.45, 2.75) is 18.9 Å². The highest BCUT2D eigenvalue weighted by molar-refractivity contribution is 5.94. The van der Waals surface area contributed by atoms with Crippen LogP contribution in [-0.4, -0.2) is 21.9 Å². The van der Waals surface area contributed by atoms with Gasteiger partial charge in [-0.05, 0) is 37.1 Å². The fraction of sp³-hybridized carbons (Fsp3) is 0.150. The van der Waals surface area contributed by atoms with E-state index in [1.165, 1.54) is 12.1 Å². The van der Waals surface area contributed by atoms with E-state index >= 15 is 0 Å². The second-order valence-electron chi connectivity index (χ2n) is 6.21. The maximum absolute atomic E-state index is 13.1. The van der Waals surface area contributed by atoms with Gasteiger partial charge in [-0.1, -0.05) is 30.3 Å². The lowest BCUT2D eigenvalue weighted by molar-refractivity contribution is 0.0946. The Morgan fingerprint density at radius 3 is 2.42 bits per heavy atom. The van der Waals surface area contributed by atoms with Gasteiger partial charge in [-0.15, -0.1) is 0 Å². The Morgan fingerprint density at radius 2 is 1.73 bits per heavy atom. The Labute approximate surface area is 150 Å². The average molecular weight is 348 g/mol. The van der Waals surface area contributed by atoms with Gasteiger partial charge >= 0.3 is 0 Å². The molecule has 0 spiro atoms. The lowest BCUT2D eigenvalue weighted by Gasteiger charge is -2.10. The third-order valence-corrected chi connectivity index (χ3v) is 4.02. The first-order chi connectivity index (χ1) is 12.7. The molecule has 0 aliphatic heterocycles. The van der Waals surface area contributed by atoms with Crippen molar-refractivity contribution in [1.82, 2.24) is 15.3 Å². The molecule has 5 nitrogen and oxygen atoms in total. The minimum Gasteiger partial charge on any atom is -0.348 e. The van der Waals surface area contributed by atoms with E-state index in [0.29, 0.717) is 23.0 Å². The van der Waals surface area contributed by atoms with Gasteiger partial charge in [0.15, 0.2) is 5.82 Å². The van der Waals surface area contributed by atoms with E-state index in [1.807, 2.05) is 30.3 Å². The van der Waals surface area contributed by atoms with Crippen LogP contribution >= 0.6 is 0 Å². The molecule has 0 atom stereocenters. The highest BCUT2D eigenvalue weighted by Crippen LogP contribution is 2.23. The minimum absolute atomic E-state index is 0.214. The molecular weight excluding hydrogens is 331 g/mol. The molecule has 1 amide bonds. The van der Waals surface area contributed by atoms with Crippen LogP contribution in [0.4, 0.5) is 15.9 Å². The summed E-state index contributed by atoms with van der Waals surface area (Å²) in [5.74, 6) is 0.409. The summed E-state index contributed by atoms with van der Waals surface area (Å²) < 4.78 is 13.1. The van der Waals surface area contributed by atoms with Crippen LogP contribution in [0.1, 0.15) is 23.3 Å². The molecule has 26 heavy (non-hydrogen) atoms. The molecule has 4 rings (SSSR count). The molecule has 2 aromatic carbocycles. The number of carbonyl (C=O) groups is 1. The number of carbonyl (C=O) groups excluding carboxylic acids is 1. The van der Waals surface area contributed by atoms with Gasteiger partial charge in [-0.2, -0.15) is 0 Å². The Hall–Kier alpha value is -3.28. The zero-order chi connectivity index (χ0) is 17.9. The molecule has 1 heterocycles. The number of anilines is 2. The van der Waals surface area contributed by atoms with E-state index in [1.54, 1.807) is 18.2 Å². The fourth-order valence-electron chi connectivity index (χ4n) is 2.51. The van der Waals surface area contributed by atoms with Crippen molar-refractivity contribution in [3.05, 3.63) is 72.2 Å². The zero-order valence-corrected chi connectivity index (χ0v) is 13.9. The molecule has 1 saturated carbocycles. The predicted octanol–water partition coefficient (Wildman–Crippen LogP) is 3.92. The average Bonchev–Trinajstić information content (AvgIpc) is 3.48. The molecule has 3 aromatic rings. The standard InChI is InChI=1S/C20H17FN4O/c21-14-6-8-15(9-7-14)22-18-12-17(20(26)23-16-10-11-16)24-19(25-18)13-4-2-1-3-5-13/h1-9,12,16H,10-11H2,(H,23,26)(H,22,24,25). The molecule has 0 saturated heterocycles. The lowest BCUT2D eigenvalue weighted by atomic mass is 10.2. The van der Waals surface area contributed by atoms with Crippen LogP contribution < -0.4 is 10.6 Å². The second-order valence-corrected chi connectivity index (χ2v) is 6.21. The van der Waals surface area contributed by atoms with Gasteiger partial charge in [-0.3, -0.25) is 4.79 Å². The van der Waals surface area contributed by atoms with Crippen molar-refractivity contribution in [3.63, 3.8) is 0 Å². The monoisotopic (exact) mass is 348 g/mol. The van der Waals surface area contributed by atoms with Crippen molar-refractivity contribution in [2.75, 3.05) is 5.32 Å². The summed E-state index contributed by atoms with van der Waals surface area (Å²) in [4.78, 5) is 21.4. The number of nitrogens with one attached hydrogen (secondary N) is 2. The summed E-state index contributed by atoms with van der Waals surface area (Å²) >= 11 is 0. The van der Waals surface area contributed by atoms with Gasteiger partial charge in [0.2, 0.25) is 0 Å². The van der Waals surface area contributed by atoms with E-state index in [2.05, 4.69) is 20.6 Å². The first-order valence-electron chi connectivity index (χ1n) is 8.45. The van der Waals surface area contributed by atoms with Crippen LogP contribution in [0.15, 0.2) is 60.7 Å². The van der Waals surface area contributed by atoms with Crippen LogP contribution in [0.2, 0.25) is 0 Å². The van der Waals surface area contributed by atoms with Crippen LogP contribution in [0, 0.1) is 5.82 Å². The highest BCUT2D eigenvalue weighted by atomic mass is 19.1. The van der Waals surface area contributed by atoms with E-state index in [9.17, 15) is 9.18 Å². The van der Waals surface area contributed by atoms with E-state index < -0.39 is 0 Å². The number of nitrogens with zero attached hydrogens (tertiary/aromatic N) is 2. The maximum atomic E-state index is 13.1. The Balaban J connectivity index is 1.69. The van der Waals surface area contributed by atoms with Gasteiger partial charge in [-0.25, -0.2) is 14.4 Å². The van der Waals surface area contributed by atoms with Crippen molar-refractivity contribution in [2.24, 2.45) is 0 Å². The molecule has 2 N–H and O–H groups in total. The molecule has 0 unspecified atom stereocenters. The third kappa shape index (κ3) is 3.85. The van der Waals surface area contributed by atoms with E-state index in [0.717, 1.165) is 18.4 Å². The number of benzene rings is 2. The summed E-state index contributed by atoms with van der Waals surface area (Å²) in [5, 5.41) is 6.05. The molecule has 130 valence electrons. The van der Waals surface area contributed by atoms with Crippen molar-refractivity contribution in [3.8, 4) is 11.4 Å². The van der Waals surface area contributed by atoms with Crippen LogP contribution in [-0.2, 0) is 0 Å². The molecular formula is C20H17FN4O. The number of aromatic nitrogens is 2. The molecule has 1 aromatic heterocycles. The summed E-state index contributed by atoms with van der Waals surface area (Å²) in [7, 11) is 0. The van der Waals surface area contributed by atoms with Gasteiger partial charge in [0.25, 0.3) is 5.91 Å². The van der Waals surface area contributed by atoms with E-state index in [-0.39, 0.29) is 17.8 Å². The first kappa shape index (κ1) is 16.2. The quantitative estimate of drug-likeness (QED) is 0.733. The summed E-state index contributed by atoms with van der Waals surface area (Å²) in [6.07, 6.45) is 2.01. The first-order valence-corrected chi connectivity index (χ1v) is 8.45. The number of halogens is 1. The Bertz CT molecular complexity index is 924. The smallest absolute Gasteiger partial charge is 0.270 e. The summed E-state index contributed by atoms with van der Waals surface area (Å²) in [6, 6.07) is 17.3. The maximum Gasteiger partial charge on any atom is 0.270 e. The summed E-state index contributed by atoms with van der Waals surface area (Å²) in [6.45, 7) is 0. The summed E-state index contributed by atoms with van der Waals surface area (Å²) in [5.41, 5.74) is 1.80. The molecule has 0 radical (unpaired) electrons. The molecule has 1 aliphatic carbocycles. The largest absolute Gasteiger partial charge is 0.348 e. The van der Waals surface area contributed by atoms with Crippen LogP contribution in [0.5, 0.6) is 0 Å². The normalized spacial score (nSPS) is 13.3. The van der Waals surface area contributed by atoms with Gasteiger partial charge in [0, 0.05) is 23.4 Å². The van der Waals surface area contributed by atoms with Crippen LogP contribution in [0.25, 0.3) is 11.4 Å². The molecule has 6 heteroatoms. The van der Waals surface area contributed by atoms with E-state index in [4.69, 9.17) is 0 Å². The van der Waals surface area contributed by atoms with Gasteiger partial charge in [0.05, 0.1) is 0 Å². The van der Waals surface area contributed by atoms with Crippen molar-refractivity contribution < 1.29 is 9.18 Å². The highest BCUT2D eigenvalue weighted by Gasteiger charge is 2.25. The number of amides is 1. The lowest BCUT2D eigenvalue weighted by Crippen LogP contribution is -2.26. The number of hydrogen-bond donors (Lipinski definition) is 2. The van der Waals surface area contributed by atoms with Gasteiger partial charge in [0.1, 0.15) is 17.3 Å². The van der Waals surface area contributed by atoms with Crippen molar-refractivity contribution >= 4 is 17.4 Å². The second kappa shape index (κ2) is 6.92. The predicted molar refractivity (Wildman–Crippen MR) is 97.6 cm³/mol. The molecule has 0 bridgehead atoms. The minimum atomic E-state index is -0.312. The SMILES string of the molecule is O=C(NC1CC1)c1cc(Nc2ccc(F)cc2)nc(-c2ccccc2)n1. The topological polar surface area (TPSA) is 66.9 Å². The Kier molecular flexibility index (Phi) is 4.31. The number of hydrogen-bond acceptors (Lipinski definition) is 4. The van der Waals surface area contributed by atoms with Crippen molar-refractivity contribution in [1.29, 1.82) is 0 Å². The van der Waals surface area contributed by atoms with Gasteiger partial charge < -0.3 is 10.6 Å². The van der Waals surface area contributed by atoms with Crippen LogP contribution in [0.3, 0.4) is 0 Å². The molecule has 1 fully saturated rings. The zero-order valence-electron chi connectivity index (χ0n) is 13.9. The Morgan fingerprint density at radius 1 is 1.00 bits per heavy atom. The third-order valence-electron chi connectivity index (χ3n) is 4.02. The number of rotatable bonds is 5. The fourth-order valence-corrected chi connectivity index (χ4v) is 2.51. The molecule has 1 aliphatic rings.